The fourth-order valence-electron chi connectivity index (χ4n) is 2.98. The lowest BCUT2D eigenvalue weighted by Gasteiger charge is -2.14. The van der Waals surface area contributed by atoms with E-state index in [4.69, 9.17) is 0 Å². The molecular formula is C17H18F3N7. The Labute approximate surface area is 153 Å². The summed E-state index contributed by atoms with van der Waals surface area (Å²) in [7, 11) is 0. The Morgan fingerprint density at radius 3 is 2.67 bits per heavy atom. The van der Waals surface area contributed by atoms with Gasteiger partial charge < -0.3 is 10.6 Å². The molecule has 0 aliphatic heterocycles. The van der Waals surface area contributed by atoms with Crippen molar-refractivity contribution >= 4 is 17.5 Å². The van der Waals surface area contributed by atoms with Gasteiger partial charge in [0.2, 0.25) is 5.95 Å². The quantitative estimate of drug-likeness (QED) is 0.824. The molecule has 2 aromatic rings. The van der Waals surface area contributed by atoms with Crippen LogP contribution >= 0.6 is 0 Å². The number of rotatable bonds is 5. The van der Waals surface area contributed by atoms with E-state index in [1.54, 1.807) is 10.9 Å². The molecule has 2 N–H and O–H groups in total. The predicted molar refractivity (Wildman–Crippen MR) is 91.3 cm³/mol. The molecule has 2 aromatic heterocycles. The van der Waals surface area contributed by atoms with E-state index in [0.29, 0.717) is 5.69 Å². The maximum atomic E-state index is 13.2. The van der Waals surface area contributed by atoms with Crippen molar-refractivity contribution < 1.29 is 13.2 Å². The highest BCUT2D eigenvalue weighted by molar-refractivity contribution is 5.58. The van der Waals surface area contributed by atoms with E-state index in [2.05, 4.69) is 31.8 Å². The van der Waals surface area contributed by atoms with Crippen molar-refractivity contribution in [1.82, 2.24) is 19.7 Å². The Morgan fingerprint density at radius 1 is 1.33 bits per heavy atom. The molecule has 7 nitrogen and oxygen atoms in total. The van der Waals surface area contributed by atoms with Crippen LogP contribution in [0.1, 0.15) is 43.5 Å². The average Bonchev–Trinajstić information content (AvgIpc) is 3.50. The van der Waals surface area contributed by atoms with Gasteiger partial charge in [0, 0.05) is 12.2 Å². The summed E-state index contributed by atoms with van der Waals surface area (Å²) >= 11 is 0. The van der Waals surface area contributed by atoms with Gasteiger partial charge in [-0.25, -0.2) is 4.98 Å². The summed E-state index contributed by atoms with van der Waals surface area (Å²) in [5.41, 5.74) is 0.0638. The molecule has 2 saturated carbocycles. The molecule has 2 aliphatic carbocycles. The predicted octanol–water partition coefficient (Wildman–Crippen LogP) is 3.79. The molecule has 142 valence electrons. The minimum absolute atomic E-state index is 0.00123. The molecule has 2 heterocycles. The topological polar surface area (TPSA) is 91.4 Å². The van der Waals surface area contributed by atoms with Gasteiger partial charge in [-0.3, -0.25) is 4.68 Å². The van der Waals surface area contributed by atoms with Gasteiger partial charge >= 0.3 is 6.18 Å². The van der Waals surface area contributed by atoms with Crippen LogP contribution in [0.2, 0.25) is 0 Å². The van der Waals surface area contributed by atoms with E-state index in [1.165, 1.54) is 0 Å². The third kappa shape index (κ3) is 3.29. The fraction of sp³-hybridized carbons (Fsp3) is 0.529. The van der Waals surface area contributed by atoms with Gasteiger partial charge in [-0.15, -0.1) is 0 Å². The molecule has 0 saturated heterocycles. The molecule has 1 unspecified atom stereocenters. The van der Waals surface area contributed by atoms with Gasteiger partial charge in [-0.05, 0) is 33.1 Å². The molecule has 2 aliphatic rings. The Hall–Kier alpha value is -2.83. The Morgan fingerprint density at radius 2 is 2.07 bits per heavy atom. The van der Waals surface area contributed by atoms with E-state index < -0.39 is 17.2 Å². The van der Waals surface area contributed by atoms with Crippen LogP contribution in [0.4, 0.5) is 30.6 Å². The first-order valence-electron chi connectivity index (χ1n) is 8.64. The molecule has 0 amide bonds. The number of nitriles is 1. The number of nitrogens with one attached hydrogen (secondary N) is 2. The molecule has 0 bridgehead atoms. The number of hydrogen-bond donors (Lipinski definition) is 2. The monoisotopic (exact) mass is 377 g/mol. The molecule has 2 fully saturated rings. The van der Waals surface area contributed by atoms with Crippen molar-refractivity contribution in [1.29, 1.82) is 5.26 Å². The Balaban J connectivity index is 1.58. The van der Waals surface area contributed by atoms with Crippen LogP contribution in [0, 0.1) is 23.7 Å². The van der Waals surface area contributed by atoms with Crippen LogP contribution in [-0.4, -0.2) is 25.8 Å². The Kier molecular flexibility index (Phi) is 3.80. The van der Waals surface area contributed by atoms with E-state index in [9.17, 15) is 18.4 Å². The van der Waals surface area contributed by atoms with Crippen LogP contribution < -0.4 is 10.6 Å². The summed E-state index contributed by atoms with van der Waals surface area (Å²) in [6.45, 7) is 3.71. The maximum Gasteiger partial charge on any atom is 0.421 e. The van der Waals surface area contributed by atoms with Crippen molar-refractivity contribution in [3.05, 3.63) is 23.7 Å². The molecule has 0 aromatic carbocycles. The van der Waals surface area contributed by atoms with Crippen LogP contribution in [0.3, 0.4) is 0 Å². The highest BCUT2D eigenvalue weighted by Gasteiger charge is 2.53. The summed E-state index contributed by atoms with van der Waals surface area (Å²) in [5, 5.41) is 19.3. The third-order valence-electron chi connectivity index (χ3n) is 5.05. The molecular weight excluding hydrogens is 359 g/mol. The SMILES string of the molecule is Cc1c(Nc2ncc(C(F)(F)F)c(NC3CC3)n2)cnn1C1C[C@]1(C)C#N. The fourth-order valence-corrected chi connectivity index (χ4v) is 2.98. The van der Waals surface area contributed by atoms with E-state index in [0.717, 1.165) is 31.2 Å². The molecule has 2 atom stereocenters. The van der Waals surface area contributed by atoms with Gasteiger partial charge in [0.05, 0.1) is 35.1 Å². The second kappa shape index (κ2) is 5.84. The zero-order valence-corrected chi connectivity index (χ0v) is 14.8. The highest BCUT2D eigenvalue weighted by atomic mass is 19.4. The zero-order valence-electron chi connectivity index (χ0n) is 14.8. The first kappa shape index (κ1) is 17.6. The first-order valence-corrected chi connectivity index (χ1v) is 8.64. The Bertz CT molecular complexity index is 926. The van der Waals surface area contributed by atoms with Crippen LogP contribution in [0.15, 0.2) is 12.4 Å². The normalized spacial score (nSPS) is 24.4. The lowest BCUT2D eigenvalue weighted by molar-refractivity contribution is -0.137. The summed E-state index contributed by atoms with van der Waals surface area (Å²) in [6.07, 6.45) is 0.208. The number of aromatic nitrogens is 4. The van der Waals surface area contributed by atoms with Crippen LogP contribution in [0.25, 0.3) is 0 Å². The number of halogens is 3. The first-order chi connectivity index (χ1) is 12.7. The number of alkyl halides is 3. The molecule has 27 heavy (non-hydrogen) atoms. The second-order valence-corrected chi connectivity index (χ2v) is 7.33. The zero-order chi connectivity index (χ0) is 19.4. The third-order valence-corrected chi connectivity index (χ3v) is 5.05. The van der Waals surface area contributed by atoms with Gasteiger partial charge in [0.15, 0.2) is 0 Å². The van der Waals surface area contributed by atoms with E-state index in [-0.39, 0.29) is 23.8 Å². The molecule has 4 rings (SSSR count). The standard InChI is InChI=1S/C17H18F3N7/c1-9-12(7-23-27(9)13-5-16(13,2)8-21)25-15-22-6-11(17(18,19)20)14(26-15)24-10-3-4-10/h6-7,10,13H,3-5H2,1-2H3,(H2,22,24,25,26)/t13?,16-/m1/s1. The lowest BCUT2D eigenvalue weighted by atomic mass is 10.2. The minimum atomic E-state index is -4.52. The lowest BCUT2D eigenvalue weighted by Crippen LogP contribution is -2.15. The van der Waals surface area contributed by atoms with Crippen molar-refractivity contribution in [2.45, 2.75) is 51.4 Å². The molecule has 0 spiro atoms. The smallest absolute Gasteiger partial charge is 0.367 e. The van der Waals surface area contributed by atoms with E-state index >= 15 is 0 Å². The summed E-state index contributed by atoms with van der Waals surface area (Å²) in [4.78, 5) is 7.84. The summed E-state index contributed by atoms with van der Waals surface area (Å²) in [5.74, 6) is -0.153. The van der Waals surface area contributed by atoms with Crippen molar-refractivity contribution in [3.8, 4) is 6.07 Å². The largest absolute Gasteiger partial charge is 0.421 e. The number of nitrogens with zero attached hydrogens (tertiary/aromatic N) is 5. The van der Waals surface area contributed by atoms with Crippen LogP contribution in [-0.2, 0) is 6.18 Å². The van der Waals surface area contributed by atoms with Gasteiger partial charge in [0.25, 0.3) is 0 Å². The van der Waals surface area contributed by atoms with Crippen molar-refractivity contribution in [3.63, 3.8) is 0 Å². The van der Waals surface area contributed by atoms with Gasteiger partial charge in [-0.1, -0.05) is 0 Å². The number of hydrogen-bond acceptors (Lipinski definition) is 6. The van der Waals surface area contributed by atoms with Crippen LogP contribution in [0.5, 0.6) is 0 Å². The van der Waals surface area contributed by atoms with E-state index in [1.807, 2.05) is 13.8 Å². The van der Waals surface area contributed by atoms with Crippen molar-refractivity contribution in [2.75, 3.05) is 10.6 Å². The molecule has 0 radical (unpaired) electrons. The molecule has 10 heteroatoms. The maximum absolute atomic E-state index is 13.2. The van der Waals surface area contributed by atoms with Gasteiger partial charge in [-0.2, -0.15) is 28.5 Å². The van der Waals surface area contributed by atoms with Gasteiger partial charge in [0.1, 0.15) is 11.4 Å². The van der Waals surface area contributed by atoms with Crippen molar-refractivity contribution in [2.24, 2.45) is 5.41 Å². The average molecular weight is 377 g/mol. The second-order valence-electron chi connectivity index (χ2n) is 7.33. The minimum Gasteiger partial charge on any atom is -0.367 e. The summed E-state index contributed by atoms with van der Waals surface area (Å²) < 4.78 is 41.3. The highest BCUT2D eigenvalue weighted by Crippen LogP contribution is 2.55. The number of anilines is 3. The summed E-state index contributed by atoms with van der Waals surface area (Å²) in [6, 6.07) is 2.30.